The monoisotopic (exact) mass is 295 g/mol. The van der Waals surface area contributed by atoms with Gasteiger partial charge in [-0.3, -0.25) is 0 Å². The molecular weight excluding hydrogens is 266 g/mol. The van der Waals surface area contributed by atoms with Gasteiger partial charge in [-0.05, 0) is 38.8 Å². The van der Waals surface area contributed by atoms with E-state index < -0.39 is 0 Å². The summed E-state index contributed by atoms with van der Waals surface area (Å²) in [5.41, 5.74) is 2.55. The minimum Gasteiger partial charge on any atom is -0.394 e. The SMILES string of the molecule is CCCNC(C)(CO)CC(C)SCc1cccc(C)c1. The topological polar surface area (TPSA) is 32.3 Å². The quantitative estimate of drug-likeness (QED) is 0.727. The molecule has 0 fully saturated rings. The lowest BCUT2D eigenvalue weighted by molar-refractivity contribution is 0.166. The normalized spacial score (nSPS) is 15.8. The Kier molecular flexibility index (Phi) is 7.63. The Labute approximate surface area is 128 Å². The number of nitrogens with one attached hydrogen (secondary N) is 1. The first-order chi connectivity index (χ1) is 9.49. The van der Waals surface area contributed by atoms with E-state index in [1.165, 1.54) is 11.1 Å². The molecule has 0 aromatic heterocycles. The Morgan fingerprint density at radius 1 is 1.40 bits per heavy atom. The summed E-state index contributed by atoms with van der Waals surface area (Å²) < 4.78 is 0. The van der Waals surface area contributed by atoms with E-state index in [1.807, 2.05) is 11.8 Å². The Balaban J connectivity index is 2.43. The molecule has 0 saturated heterocycles. The maximum Gasteiger partial charge on any atom is 0.0611 e. The molecule has 2 unspecified atom stereocenters. The fourth-order valence-corrected chi connectivity index (χ4v) is 3.50. The summed E-state index contributed by atoms with van der Waals surface area (Å²) in [7, 11) is 0. The second-order valence-corrected chi connectivity index (χ2v) is 7.39. The van der Waals surface area contributed by atoms with Gasteiger partial charge >= 0.3 is 0 Å². The Morgan fingerprint density at radius 3 is 2.75 bits per heavy atom. The van der Waals surface area contributed by atoms with Crippen LogP contribution in [0.15, 0.2) is 24.3 Å². The molecule has 3 heteroatoms. The molecule has 2 atom stereocenters. The molecule has 0 aliphatic carbocycles. The highest BCUT2D eigenvalue weighted by Crippen LogP contribution is 2.25. The third-order valence-corrected chi connectivity index (χ3v) is 4.74. The van der Waals surface area contributed by atoms with Gasteiger partial charge in [0.2, 0.25) is 0 Å². The molecule has 0 saturated carbocycles. The first kappa shape index (κ1) is 17.5. The van der Waals surface area contributed by atoms with Gasteiger partial charge in [-0.1, -0.05) is 43.7 Å². The number of aliphatic hydroxyl groups is 1. The van der Waals surface area contributed by atoms with E-state index in [4.69, 9.17) is 0 Å². The van der Waals surface area contributed by atoms with Crippen LogP contribution in [0.5, 0.6) is 0 Å². The summed E-state index contributed by atoms with van der Waals surface area (Å²) >= 11 is 1.96. The van der Waals surface area contributed by atoms with Crippen molar-refractivity contribution in [1.29, 1.82) is 0 Å². The molecule has 0 bridgehead atoms. The predicted molar refractivity (Wildman–Crippen MR) is 90.3 cm³/mol. The minimum atomic E-state index is -0.158. The summed E-state index contributed by atoms with van der Waals surface area (Å²) in [5, 5.41) is 13.6. The number of hydrogen-bond acceptors (Lipinski definition) is 3. The fraction of sp³-hybridized carbons (Fsp3) is 0.647. The highest BCUT2D eigenvalue weighted by Gasteiger charge is 2.25. The minimum absolute atomic E-state index is 0.158. The molecule has 1 aromatic carbocycles. The molecule has 2 nitrogen and oxygen atoms in total. The third-order valence-electron chi connectivity index (χ3n) is 3.51. The third kappa shape index (κ3) is 6.29. The summed E-state index contributed by atoms with van der Waals surface area (Å²) in [6.07, 6.45) is 2.08. The second kappa shape index (κ2) is 8.71. The van der Waals surface area contributed by atoms with E-state index in [1.54, 1.807) is 0 Å². The van der Waals surface area contributed by atoms with Gasteiger partial charge in [0.05, 0.1) is 6.61 Å². The van der Waals surface area contributed by atoms with Crippen LogP contribution in [0, 0.1) is 6.92 Å². The van der Waals surface area contributed by atoms with Crippen LogP contribution in [0.2, 0.25) is 0 Å². The van der Waals surface area contributed by atoms with E-state index in [2.05, 4.69) is 57.3 Å². The first-order valence-corrected chi connectivity index (χ1v) is 8.57. The Morgan fingerprint density at radius 2 is 2.15 bits per heavy atom. The molecule has 0 aliphatic heterocycles. The number of hydrogen-bond donors (Lipinski definition) is 2. The van der Waals surface area contributed by atoms with Gasteiger partial charge < -0.3 is 10.4 Å². The van der Waals surface area contributed by atoms with Gasteiger partial charge in [-0.25, -0.2) is 0 Å². The summed E-state index contributed by atoms with van der Waals surface area (Å²) in [6.45, 7) is 9.82. The van der Waals surface area contributed by atoms with E-state index in [0.717, 1.165) is 25.1 Å². The van der Waals surface area contributed by atoms with Crippen LogP contribution in [0.4, 0.5) is 0 Å². The van der Waals surface area contributed by atoms with Gasteiger partial charge in [-0.2, -0.15) is 11.8 Å². The van der Waals surface area contributed by atoms with Crippen molar-refractivity contribution in [3.8, 4) is 0 Å². The molecule has 0 amide bonds. The highest BCUT2D eigenvalue weighted by molar-refractivity contribution is 7.99. The van der Waals surface area contributed by atoms with Crippen LogP contribution < -0.4 is 5.32 Å². The summed E-state index contributed by atoms with van der Waals surface area (Å²) in [5.74, 6) is 1.04. The van der Waals surface area contributed by atoms with Crippen LogP contribution in [-0.2, 0) is 5.75 Å². The largest absolute Gasteiger partial charge is 0.394 e. The Hall–Kier alpha value is -0.510. The van der Waals surface area contributed by atoms with Crippen molar-refractivity contribution >= 4 is 11.8 Å². The molecule has 2 N–H and O–H groups in total. The molecule has 0 heterocycles. The van der Waals surface area contributed by atoms with Crippen molar-refractivity contribution in [1.82, 2.24) is 5.32 Å². The zero-order valence-electron chi connectivity index (χ0n) is 13.3. The van der Waals surface area contributed by atoms with Crippen molar-refractivity contribution in [2.24, 2.45) is 0 Å². The van der Waals surface area contributed by atoms with E-state index in [-0.39, 0.29) is 12.1 Å². The van der Waals surface area contributed by atoms with Crippen LogP contribution in [0.1, 0.15) is 44.7 Å². The van der Waals surface area contributed by atoms with Gasteiger partial charge in [0.1, 0.15) is 0 Å². The standard InChI is InChI=1S/C17H29NOS/c1-5-9-18-17(4,13-19)11-15(3)20-12-16-8-6-7-14(2)10-16/h6-8,10,15,18-19H,5,9,11-13H2,1-4H3. The average molecular weight is 295 g/mol. The van der Waals surface area contributed by atoms with Crippen LogP contribution in [0.25, 0.3) is 0 Å². The number of aliphatic hydroxyl groups excluding tert-OH is 1. The van der Waals surface area contributed by atoms with Crippen molar-refractivity contribution < 1.29 is 5.11 Å². The lowest BCUT2D eigenvalue weighted by Gasteiger charge is -2.31. The summed E-state index contributed by atoms with van der Waals surface area (Å²) in [6, 6.07) is 8.69. The number of benzene rings is 1. The van der Waals surface area contributed by atoms with Gasteiger partial charge in [0, 0.05) is 16.5 Å². The second-order valence-electron chi connectivity index (χ2n) is 5.96. The molecular formula is C17H29NOS. The van der Waals surface area contributed by atoms with Crippen LogP contribution in [-0.4, -0.2) is 29.0 Å². The van der Waals surface area contributed by atoms with Crippen molar-refractivity contribution in [2.45, 2.75) is 57.1 Å². The molecule has 0 spiro atoms. The number of rotatable bonds is 9. The first-order valence-electron chi connectivity index (χ1n) is 7.52. The molecule has 0 radical (unpaired) electrons. The van der Waals surface area contributed by atoms with Gasteiger partial charge in [-0.15, -0.1) is 0 Å². The maximum absolute atomic E-state index is 9.61. The molecule has 1 rings (SSSR count). The number of aryl methyl sites for hydroxylation is 1. The van der Waals surface area contributed by atoms with Crippen molar-refractivity contribution in [2.75, 3.05) is 13.2 Å². The lowest BCUT2D eigenvalue weighted by atomic mass is 9.97. The molecule has 0 aliphatic rings. The van der Waals surface area contributed by atoms with E-state index in [0.29, 0.717) is 5.25 Å². The fourth-order valence-electron chi connectivity index (χ4n) is 2.35. The van der Waals surface area contributed by atoms with Gasteiger partial charge in [0.15, 0.2) is 0 Å². The highest BCUT2D eigenvalue weighted by atomic mass is 32.2. The van der Waals surface area contributed by atoms with Crippen LogP contribution >= 0.6 is 11.8 Å². The summed E-state index contributed by atoms with van der Waals surface area (Å²) in [4.78, 5) is 0. The van der Waals surface area contributed by atoms with E-state index in [9.17, 15) is 5.11 Å². The Bertz CT molecular complexity index is 396. The average Bonchev–Trinajstić information content (AvgIpc) is 2.43. The molecule has 114 valence electrons. The molecule has 1 aromatic rings. The maximum atomic E-state index is 9.61. The van der Waals surface area contributed by atoms with Crippen molar-refractivity contribution in [3.63, 3.8) is 0 Å². The van der Waals surface area contributed by atoms with Crippen molar-refractivity contribution in [3.05, 3.63) is 35.4 Å². The zero-order valence-corrected chi connectivity index (χ0v) is 14.1. The predicted octanol–water partition coefficient (Wildman–Crippen LogP) is 3.76. The molecule has 20 heavy (non-hydrogen) atoms. The van der Waals surface area contributed by atoms with Crippen LogP contribution in [0.3, 0.4) is 0 Å². The van der Waals surface area contributed by atoms with E-state index >= 15 is 0 Å². The smallest absolute Gasteiger partial charge is 0.0611 e. The van der Waals surface area contributed by atoms with Gasteiger partial charge in [0.25, 0.3) is 0 Å². The zero-order chi connectivity index (χ0) is 15.0. The lowest BCUT2D eigenvalue weighted by Crippen LogP contribution is -2.47. The number of thioether (sulfide) groups is 1.